The van der Waals surface area contributed by atoms with Gasteiger partial charge in [0.25, 0.3) is 5.91 Å². The summed E-state index contributed by atoms with van der Waals surface area (Å²) < 4.78 is 14.8. The molecule has 35 heavy (non-hydrogen) atoms. The van der Waals surface area contributed by atoms with E-state index in [-0.39, 0.29) is 17.5 Å². The summed E-state index contributed by atoms with van der Waals surface area (Å²) >= 11 is 6.49. The van der Waals surface area contributed by atoms with Crippen molar-refractivity contribution in [3.63, 3.8) is 0 Å². The number of nitrogens with zero attached hydrogens (tertiary/aromatic N) is 2. The quantitative estimate of drug-likeness (QED) is 0.325. The number of carbonyl (C=O) groups excluding carboxylic acids is 1. The molecular weight excluding hydrogens is 469 g/mol. The number of amides is 1. The Kier molecular flexibility index (Phi) is 7.07. The molecule has 8 nitrogen and oxygen atoms in total. The second kappa shape index (κ2) is 10.2. The van der Waals surface area contributed by atoms with Gasteiger partial charge >= 0.3 is 0 Å². The van der Waals surface area contributed by atoms with Crippen molar-refractivity contribution in [2.45, 2.75) is 12.8 Å². The second-order valence-corrected chi connectivity index (χ2v) is 8.87. The number of guanidine groups is 2. The topological polar surface area (TPSA) is 135 Å². The van der Waals surface area contributed by atoms with Crippen LogP contribution in [-0.2, 0) is 0 Å². The molecule has 0 atom stereocenters. The molecule has 0 spiro atoms. The molecule has 10 heteroatoms. The van der Waals surface area contributed by atoms with E-state index >= 15 is 0 Å². The first-order valence-corrected chi connectivity index (χ1v) is 11.6. The first kappa shape index (κ1) is 24.3. The Morgan fingerprint density at radius 1 is 0.914 bits per heavy atom. The zero-order valence-electron chi connectivity index (χ0n) is 19.1. The Hall–Kier alpha value is -3.85. The van der Waals surface area contributed by atoms with Crippen molar-refractivity contribution < 1.29 is 9.18 Å². The van der Waals surface area contributed by atoms with E-state index in [4.69, 9.17) is 33.9 Å². The molecule has 0 radical (unpaired) electrons. The normalized spacial score (nSPS) is 15.8. The summed E-state index contributed by atoms with van der Waals surface area (Å²) in [6.07, 6.45) is 5.12. The summed E-state index contributed by atoms with van der Waals surface area (Å²) in [7, 11) is 0. The first-order valence-electron chi connectivity index (χ1n) is 11.2. The van der Waals surface area contributed by atoms with Crippen LogP contribution in [-0.4, -0.2) is 53.8 Å². The average molecular weight is 496 g/mol. The number of anilines is 1. The molecule has 4 rings (SSSR count). The van der Waals surface area contributed by atoms with Crippen LogP contribution in [0.4, 0.5) is 10.1 Å². The highest BCUT2D eigenvalue weighted by molar-refractivity contribution is 6.32. The molecule has 2 heterocycles. The van der Waals surface area contributed by atoms with Crippen LogP contribution in [0.3, 0.4) is 0 Å². The van der Waals surface area contributed by atoms with Crippen molar-refractivity contribution in [2.75, 3.05) is 31.5 Å². The van der Waals surface area contributed by atoms with Gasteiger partial charge in [-0.3, -0.25) is 15.6 Å². The highest BCUT2D eigenvalue weighted by atomic mass is 35.5. The molecule has 182 valence electrons. The van der Waals surface area contributed by atoms with Crippen LogP contribution >= 0.6 is 11.6 Å². The van der Waals surface area contributed by atoms with Crippen molar-refractivity contribution >= 4 is 46.3 Å². The molecule has 2 aromatic carbocycles. The van der Waals surface area contributed by atoms with Crippen LogP contribution in [0.5, 0.6) is 0 Å². The van der Waals surface area contributed by atoms with Gasteiger partial charge in [0.15, 0.2) is 11.9 Å². The Bertz CT molecular complexity index is 1260. The van der Waals surface area contributed by atoms with E-state index in [1.54, 1.807) is 34.1 Å². The van der Waals surface area contributed by atoms with Gasteiger partial charge in [-0.15, -0.1) is 0 Å². The molecule has 0 unspecified atom stereocenters. The Morgan fingerprint density at radius 2 is 1.49 bits per heavy atom. The highest BCUT2D eigenvalue weighted by Gasteiger charge is 2.19. The maximum Gasteiger partial charge on any atom is 0.255 e. The maximum atomic E-state index is 14.8. The number of hydrogen-bond donors (Lipinski definition) is 5. The summed E-state index contributed by atoms with van der Waals surface area (Å²) in [6.45, 7) is 2.19. The molecule has 0 aliphatic carbocycles. The van der Waals surface area contributed by atoms with Crippen LogP contribution in [0.15, 0.2) is 48.6 Å². The average Bonchev–Trinajstić information content (AvgIpc) is 2.84. The maximum absolute atomic E-state index is 14.8. The van der Waals surface area contributed by atoms with Crippen molar-refractivity contribution in [1.29, 1.82) is 10.8 Å². The first-order chi connectivity index (χ1) is 16.7. The van der Waals surface area contributed by atoms with E-state index in [0.717, 1.165) is 16.7 Å². The summed E-state index contributed by atoms with van der Waals surface area (Å²) in [6, 6.07) is 9.70. The van der Waals surface area contributed by atoms with Crippen molar-refractivity contribution in [2.24, 2.45) is 11.5 Å². The number of nitrogens with one attached hydrogen (secondary N) is 3. The molecule has 2 aromatic rings. The van der Waals surface area contributed by atoms with Gasteiger partial charge in [0, 0.05) is 43.0 Å². The van der Waals surface area contributed by atoms with Gasteiger partial charge in [0.05, 0.1) is 5.02 Å². The van der Waals surface area contributed by atoms with Crippen LogP contribution in [0.1, 0.15) is 34.3 Å². The van der Waals surface area contributed by atoms with Gasteiger partial charge in [-0.1, -0.05) is 35.9 Å². The van der Waals surface area contributed by atoms with Gasteiger partial charge in [-0.2, -0.15) is 0 Å². The third kappa shape index (κ3) is 5.46. The fourth-order valence-corrected chi connectivity index (χ4v) is 4.54. The number of carbonyl (C=O) groups is 1. The predicted octanol–water partition coefficient (Wildman–Crippen LogP) is 3.70. The monoisotopic (exact) mass is 495 g/mol. The lowest BCUT2D eigenvalue weighted by atomic mass is 9.97. The highest BCUT2D eigenvalue weighted by Crippen LogP contribution is 2.31. The smallest absolute Gasteiger partial charge is 0.255 e. The number of nitrogens with two attached hydrogens (primary N) is 2. The van der Waals surface area contributed by atoms with Crippen LogP contribution in [0, 0.1) is 16.6 Å². The molecular formula is C25H27ClFN7O. The van der Waals surface area contributed by atoms with E-state index in [1.165, 1.54) is 6.07 Å². The number of rotatable bonds is 4. The minimum Gasteiger partial charge on any atom is -0.370 e. The zero-order chi connectivity index (χ0) is 25.1. The number of hydrogen-bond acceptors (Lipinski definition) is 3. The molecule has 0 saturated heterocycles. The van der Waals surface area contributed by atoms with Crippen molar-refractivity contribution in [3.05, 3.63) is 76.1 Å². The Balaban J connectivity index is 1.44. The van der Waals surface area contributed by atoms with Crippen molar-refractivity contribution in [3.8, 4) is 0 Å². The molecule has 0 fully saturated rings. The van der Waals surface area contributed by atoms with Gasteiger partial charge < -0.3 is 26.6 Å². The third-order valence-electron chi connectivity index (χ3n) is 6.25. The van der Waals surface area contributed by atoms with E-state index < -0.39 is 11.7 Å². The van der Waals surface area contributed by atoms with E-state index in [2.05, 4.69) is 5.32 Å². The summed E-state index contributed by atoms with van der Waals surface area (Å²) in [5.74, 6) is -0.869. The lowest BCUT2D eigenvalue weighted by Gasteiger charge is -2.27. The lowest BCUT2D eigenvalue weighted by Crippen LogP contribution is -2.39. The van der Waals surface area contributed by atoms with Gasteiger partial charge in [-0.25, -0.2) is 4.39 Å². The van der Waals surface area contributed by atoms with E-state index in [9.17, 15) is 9.18 Å². The molecule has 7 N–H and O–H groups in total. The van der Waals surface area contributed by atoms with Crippen LogP contribution < -0.4 is 16.8 Å². The van der Waals surface area contributed by atoms with Crippen LogP contribution in [0.25, 0.3) is 11.1 Å². The molecule has 2 aliphatic rings. The minimum atomic E-state index is -0.475. The largest absolute Gasteiger partial charge is 0.370 e. The summed E-state index contributed by atoms with van der Waals surface area (Å²) in [5.41, 5.74) is 15.0. The Morgan fingerprint density at radius 3 is 1.97 bits per heavy atom. The molecule has 0 bridgehead atoms. The fourth-order valence-electron chi connectivity index (χ4n) is 4.24. The standard InChI is InChI=1S/C25H27ClFN7O/c26-21-14-18(2-4-19(21)15-5-9-33(10-6-15)24(28)29)32-23(35)17-1-3-20(22(27)13-17)16-7-11-34(12-8-16)25(30)31/h1-5,7,13-14H,6,8-12H2,(H3,28,29)(H3,30,31)(H,32,35). The summed E-state index contributed by atoms with van der Waals surface area (Å²) in [5, 5.41) is 18.3. The SMILES string of the molecule is N=C(N)N1CC=C(c2ccc(C(=O)Nc3ccc(C4=CCN(C(=N)N)CC4)c(Cl)c3)cc2F)CC1. The fraction of sp³-hybridized carbons (Fsp3) is 0.240. The Labute approximate surface area is 208 Å². The van der Waals surface area contributed by atoms with E-state index in [1.807, 2.05) is 18.2 Å². The summed E-state index contributed by atoms with van der Waals surface area (Å²) in [4.78, 5) is 16.2. The lowest BCUT2D eigenvalue weighted by molar-refractivity contribution is 0.102. The molecule has 0 saturated carbocycles. The van der Waals surface area contributed by atoms with Gasteiger partial charge in [0.2, 0.25) is 0 Å². The number of benzene rings is 2. The second-order valence-electron chi connectivity index (χ2n) is 8.46. The van der Waals surface area contributed by atoms with Crippen molar-refractivity contribution in [1.82, 2.24) is 9.80 Å². The van der Waals surface area contributed by atoms with Gasteiger partial charge in [0.1, 0.15) is 5.82 Å². The van der Waals surface area contributed by atoms with Crippen LogP contribution in [0.2, 0.25) is 5.02 Å². The van der Waals surface area contributed by atoms with E-state index in [0.29, 0.717) is 55.3 Å². The number of halogens is 2. The molecule has 0 aromatic heterocycles. The minimum absolute atomic E-state index is 0.00369. The van der Waals surface area contributed by atoms with Gasteiger partial charge in [-0.05, 0) is 53.8 Å². The third-order valence-corrected chi connectivity index (χ3v) is 6.56. The molecule has 1 amide bonds. The predicted molar refractivity (Wildman–Crippen MR) is 138 cm³/mol. The molecule has 2 aliphatic heterocycles. The zero-order valence-corrected chi connectivity index (χ0v) is 19.8.